The summed E-state index contributed by atoms with van der Waals surface area (Å²) in [7, 11) is 1.97. The molecule has 3 rings (SSSR count). The van der Waals surface area contributed by atoms with E-state index in [9.17, 15) is 0 Å². The molecule has 1 aliphatic heterocycles. The fourth-order valence-corrected chi connectivity index (χ4v) is 2.59. The molecule has 0 radical (unpaired) electrons. The molecule has 1 saturated heterocycles. The number of pyridine rings is 1. The van der Waals surface area contributed by atoms with Gasteiger partial charge in [0, 0.05) is 30.2 Å². The first-order chi connectivity index (χ1) is 9.38. The van der Waals surface area contributed by atoms with Gasteiger partial charge in [-0.1, -0.05) is 18.2 Å². The van der Waals surface area contributed by atoms with Gasteiger partial charge in [0.15, 0.2) is 6.29 Å². The predicted octanol–water partition coefficient (Wildman–Crippen LogP) is 2.26. The average molecular weight is 258 g/mol. The van der Waals surface area contributed by atoms with Crippen LogP contribution in [0, 0.1) is 0 Å². The van der Waals surface area contributed by atoms with E-state index in [1.807, 2.05) is 19.4 Å². The van der Waals surface area contributed by atoms with Crippen molar-refractivity contribution in [1.82, 2.24) is 10.3 Å². The summed E-state index contributed by atoms with van der Waals surface area (Å²) in [5, 5.41) is 5.75. The molecule has 1 aliphatic rings. The van der Waals surface area contributed by atoms with Crippen LogP contribution in [-0.2, 0) is 9.47 Å². The summed E-state index contributed by atoms with van der Waals surface area (Å²) in [6, 6.07) is 8.58. The molecule has 4 heteroatoms. The second-order valence-electron chi connectivity index (χ2n) is 4.69. The SMILES string of the molecule is CNC(CC1OCCO1)c1cccc2cnccc12. The molecule has 0 aliphatic carbocycles. The zero-order valence-corrected chi connectivity index (χ0v) is 11.0. The van der Waals surface area contributed by atoms with E-state index in [2.05, 4.69) is 34.6 Å². The molecule has 4 nitrogen and oxygen atoms in total. The second kappa shape index (κ2) is 5.65. The molecule has 1 atom stereocenters. The number of hydrogen-bond acceptors (Lipinski definition) is 4. The fraction of sp³-hybridized carbons (Fsp3) is 0.400. The number of benzene rings is 1. The molecule has 0 bridgehead atoms. The Morgan fingerprint density at radius 3 is 2.95 bits per heavy atom. The van der Waals surface area contributed by atoms with Gasteiger partial charge in [0.2, 0.25) is 0 Å². The van der Waals surface area contributed by atoms with Crippen molar-refractivity contribution in [3.8, 4) is 0 Å². The third kappa shape index (κ3) is 2.61. The minimum Gasteiger partial charge on any atom is -0.350 e. The topological polar surface area (TPSA) is 43.4 Å². The van der Waals surface area contributed by atoms with Gasteiger partial charge < -0.3 is 14.8 Å². The highest BCUT2D eigenvalue weighted by molar-refractivity contribution is 5.85. The normalized spacial score (nSPS) is 17.9. The first-order valence-electron chi connectivity index (χ1n) is 6.61. The van der Waals surface area contributed by atoms with Crippen LogP contribution in [-0.4, -0.2) is 31.5 Å². The van der Waals surface area contributed by atoms with E-state index in [1.54, 1.807) is 0 Å². The molecule has 0 saturated carbocycles. The molecule has 0 spiro atoms. The molecular weight excluding hydrogens is 240 g/mol. The first kappa shape index (κ1) is 12.5. The van der Waals surface area contributed by atoms with Gasteiger partial charge in [-0.25, -0.2) is 0 Å². The highest BCUT2D eigenvalue weighted by Gasteiger charge is 2.22. The number of nitrogens with zero attached hydrogens (tertiary/aromatic N) is 1. The van der Waals surface area contributed by atoms with E-state index in [4.69, 9.17) is 9.47 Å². The molecule has 1 aromatic carbocycles. The maximum absolute atomic E-state index is 5.54. The van der Waals surface area contributed by atoms with Crippen LogP contribution in [0.15, 0.2) is 36.7 Å². The van der Waals surface area contributed by atoms with Crippen LogP contribution < -0.4 is 5.32 Å². The number of rotatable bonds is 4. The Kier molecular flexibility index (Phi) is 3.73. The summed E-state index contributed by atoms with van der Waals surface area (Å²) >= 11 is 0. The van der Waals surface area contributed by atoms with Crippen LogP contribution in [0.25, 0.3) is 10.8 Å². The highest BCUT2D eigenvalue weighted by Crippen LogP contribution is 2.28. The zero-order chi connectivity index (χ0) is 13.1. The minimum absolute atomic E-state index is 0.102. The van der Waals surface area contributed by atoms with E-state index >= 15 is 0 Å². The second-order valence-corrected chi connectivity index (χ2v) is 4.69. The fourth-order valence-electron chi connectivity index (χ4n) is 2.59. The first-order valence-corrected chi connectivity index (χ1v) is 6.61. The predicted molar refractivity (Wildman–Crippen MR) is 73.9 cm³/mol. The Hall–Kier alpha value is -1.49. The van der Waals surface area contributed by atoms with Crippen molar-refractivity contribution in [2.75, 3.05) is 20.3 Å². The van der Waals surface area contributed by atoms with Crippen molar-refractivity contribution >= 4 is 10.8 Å². The van der Waals surface area contributed by atoms with Gasteiger partial charge >= 0.3 is 0 Å². The van der Waals surface area contributed by atoms with E-state index in [0.717, 1.165) is 11.8 Å². The van der Waals surface area contributed by atoms with E-state index in [1.165, 1.54) is 10.9 Å². The highest BCUT2D eigenvalue weighted by atomic mass is 16.7. The van der Waals surface area contributed by atoms with Gasteiger partial charge in [-0.2, -0.15) is 0 Å². The van der Waals surface area contributed by atoms with Crippen LogP contribution in [0.2, 0.25) is 0 Å². The van der Waals surface area contributed by atoms with Crippen molar-refractivity contribution in [2.45, 2.75) is 18.8 Å². The van der Waals surface area contributed by atoms with Crippen molar-refractivity contribution in [1.29, 1.82) is 0 Å². The Morgan fingerprint density at radius 1 is 1.32 bits per heavy atom. The third-order valence-electron chi connectivity index (χ3n) is 3.56. The van der Waals surface area contributed by atoms with Gasteiger partial charge in [0.25, 0.3) is 0 Å². The summed E-state index contributed by atoms with van der Waals surface area (Å²) in [6.07, 6.45) is 4.45. The van der Waals surface area contributed by atoms with Crippen LogP contribution in [0.1, 0.15) is 18.0 Å². The van der Waals surface area contributed by atoms with Crippen molar-refractivity contribution in [3.63, 3.8) is 0 Å². The Morgan fingerprint density at radius 2 is 2.16 bits per heavy atom. The number of ether oxygens (including phenoxy) is 2. The molecule has 100 valence electrons. The molecule has 1 unspecified atom stereocenters. The lowest BCUT2D eigenvalue weighted by atomic mass is 9.98. The number of nitrogens with one attached hydrogen (secondary N) is 1. The Balaban J connectivity index is 1.91. The number of fused-ring (bicyclic) bond motifs is 1. The lowest BCUT2D eigenvalue weighted by Gasteiger charge is -2.21. The molecule has 19 heavy (non-hydrogen) atoms. The van der Waals surface area contributed by atoms with Gasteiger partial charge in [-0.3, -0.25) is 4.98 Å². The summed E-state index contributed by atoms with van der Waals surface area (Å²) < 4.78 is 11.1. The van der Waals surface area contributed by atoms with Gasteiger partial charge in [-0.05, 0) is 24.1 Å². The van der Waals surface area contributed by atoms with Crippen molar-refractivity contribution < 1.29 is 9.47 Å². The molecule has 1 N–H and O–H groups in total. The molecule has 1 aromatic heterocycles. The van der Waals surface area contributed by atoms with Crippen LogP contribution in [0.5, 0.6) is 0 Å². The maximum Gasteiger partial charge on any atom is 0.159 e. The summed E-state index contributed by atoms with van der Waals surface area (Å²) in [5.74, 6) is 0. The number of aromatic nitrogens is 1. The van der Waals surface area contributed by atoms with Crippen molar-refractivity contribution in [2.24, 2.45) is 0 Å². The zero-order valence-electron chi connectivity index (χ0n) is 11.0. The monoisotopic (exact) mass is 258 g/mol. The Labute approximate surface area is 112 Å². The lowest BCUT2D eigenvalue weighted by molar-refractivity contribution is -0.0525. The minimum atomic E-state index is -0.102. The van der Waals surface area contributed by atoms with Gasteiger partial charge in [-0.15, -0.1) is 0 Å². The average Bonchev–Trinajstić information content (AvgIpc) is 2.97. The number of hydrogen-bond donors (Lipinski definition) is 1. The van der Waals surface area contributed by atoms with Gasteiger partial charge in [0.05, 0.1) is 13.2 Å². The van der Waals surface area contributed by atoms with E-state index < -0.39 is 0 Å². The lowest BCUT2D eigenvalue weighted by Crippen LogP contribution is -2.23. The molecule has 2 heterocycles. The summed E-state index contributed by atoms with van der Waals surface area (Å²) in [6.45, 7) is 1.39. The van der Waals surface area contributed by atoms with Crippen molar-refractivity contribution in [3.05, 3.63) is 42.2 Å². The third-order valence-corrected chi connectivity index (χ3v) is 3.56. The largest absolute Gasteiger partial charge is 0.350 e. The molecular formula is C15H18N2O2. The van der Waals surface area contributed by atoms with Crippen LogP contribution >= 0.6 is 0 Å². The molecule has 2 aromatic rings. The van der Waals surface area contributed by atoms with E-state index in [-0.39, 0.29) is 12.3 Å². The summed E-state index contributed by atoms with van der Waals surface area (Å²) in [5.41, 5.74) is 1.27. The van der Waals surface area contributed by atoms with Crippen LogP contribution in [0.3, 0.4) is 0 Å². The Bertz CT molecular complexity index is 547. The van der Waals surface area contributed by atoms with Gasteiger partial charge in [0.1, 0.15) is 0 Å². The van der Waals surface area contributed by atoms with Crippen LogP contribution in [0.4, 0.5) is 0 Å². The summed E-state index contributed by atoms with van der Waals surface area (Å²) in [4.78, 5) is 4.17. The van der Waals surface area contributed by atoms with E-state index in [0.29, 0.717) is 13.2 Å². The maximum atomic E-state index is 5.54. The smallest absolute Gasteiger partial charge is 0.159 e. The molecule has 1 fully saturated rings. The standard InChI is InChI=1S/C15H18N2O2/c1-16-14(9-15-18-7-8-19-15)13-4-2-3-11-10-17-6-5-12(11)13/h2-6,10,14-16H,7-9H2,1H3. The quantitative estimate of drug-likeness (QED) is 0.913. The molecule has 0 amide bonds.